The van der Waals surface area contributed by atoms with Crippen LogP contribution < -0.4 is 10.4 Å². The second-order valence-corrected chi connectivity index (χ2v) is 4.74. The summed E-state index contributed by atoms with van der Waals surface area (Å²) in [7, 11) is 0. The zero-order valence-electron chi connectivity index (χ0n) is 11.3. The fraction of sp³-hybridized carbons (Fsp3) is 0.0625. The van der Waals surface area contributed by atoms with Crippen molar-refractivity contribution in [1.82, 2.24) is 9.97 Å². The molecule has 0 aliphatic carbocycles. The van der Waals surface area contributed by atoms with Crippen LogP contribution in [0, 0.1) is 6.92 Å². The van der Waals surface area contributed by atoms with Crippen molar-refractivity contribution < 1.29 is 9.90 Å². The normalized spacial score (nSPS) is 10.5. The molecule has 3 aromatic rings. The van der Waals surface area contributed by atoms with Crippen molar-refractivity contribution in [2.75, 3.05) is 5.32 Å². The number of fused-ring (bicyclic) bond motifs is 1. The number of hydrogen-bond acceptors (Lipinski definition) is 5. The van der Waals surface area contributed by atoms with E-state index in [1.807, 2.05) is 25.1 Å². The van der Waals surface area contributed by atoms with E-state index < -0.39 is 5.97 Å². The highest BCUT2D eigenvalue weighted by molar-refractivity contribution is 5.92. The minimum atomic E-state index is -1.21. The van der Waals surface area contributed by atoms with Gasteiger partial charge in [-0.3, -0.25) is 0 Å². The molecule has 1 aromatic heterocycles. The largest absolute Gasteiger partial charge is 0.545 e. The number of anilines is 2. The topological polar surface area (TPSA) is 77.9 Å². The standard InChI is InChI=1S/C16H13N3O2/c1-10-5-6-14-13(7-10)15(18-9-17-14)19-12-4-2-3-11(8-12)16(20)21/h2-9H,1H3,(H,20,21)(H,17,18,19)/p-1. The van der Waals surface area contributed by atoms with Crippen molar-refractivity contribution in [3.05, 3.63) is 59.9 Å². The van der Waals surface area contributed by atoms with Gasteiger partial charge in [0.15, 0.2) is 0 Å². The Hall–Kier alpha value is -2.95. The molecule has 0 aliphatic rings. The molecule has 0 bridgehead atoms. The number of carboxylic acids is 1. The Morgan fingerprint density at radius 3 is 2.81 bits per heavy atom. The van der Waals surface area contributed by atoms with E-state index in [0.717, 1.165) is 16.5 Å². The number of nitrogens with one attached hydrogen (secondary N) is 1. The highest BCUT2D eigenvalue weighted by Crippen LogP contribution is 2.24. The quantitative estimate of drug-likeness (QED) is 0.793. The number of carbonyl (C=O) groups is 1. The molecule has 0 aliphatic heterocycles. The number of rotatable bonds is 3. The van der Waals surface area contributed by atoms with E-state index in [9.17, 15) is 9.90 Å². The molecule has 0 atom stereocenters. The van der Waals surface area contributed by atoms with Crippen LogP contribution >= 0.6 is 0 Å². The molecule has 0 spiro atoms. The number of aromatic carboxylic acids is 1. The number of hydrogen-bond donors (Lipinski definition) is 1. The van der Waals surface area contributed by atoms with E-state index in [1.165, 1.54) is 18.5 Å². The van der Waals surface area contributed by atoms with Gasteiger partial charge in [0.2, 0.25) is 0 Å². The van der Waals surface area contributed by atoms with Crippen molar-refractivity contribution in [2.24, 2.45) is 0 Å². The summed E-state index contributed by atoms with van der Waals surface area (Å²) in [6.45, 7) is 1.99. The fourth-order valence-corrected chi connectivity index (χ4v) is 2.13. The van der Waals surface area contributed by atoms with Gasteiger partial charge in [0.25, 0.3) is 0 Å². The SMILES string of the molecule is Cc1ccc2ncnc(Nc3cccc(C(=O)[O-])c3)c2c1. The first kappa shape index (κ1) is 13.1. The lowest BCUT2D eigenvalue weighted by Crippen LogP contribution is -2.22. The number of aryl methyl sites for hydroxylation is 1. The highest BCUT2D eigenvalue weighted by atomic mass is 16.4. The van der Waals surface area contributed by atoms with Crippen molar-refractivity contribution in [3.63, 3.8) is 0 Å². The molecule has 0 unspecified atom stereocenters. The van der Waals surface area contributed by atoms with Crippen molar-refractivity contribution in [3.8, 4) is 0 Å². The van der Waals surface area contributed by atoms with Gasteiger partial charge in [0, 0.05) is 11.1 Å². The molecule has 0 saturated heterocycles. The van der Waals surface area contributed by atoms with E-state index in [2.05, 4.69) is 15.3 Å². The van der Waals surface area contributed by atoms with Gasteiger partial charge in [0.1, 0.15) is 12.1 Å². The molecular weight excluding hydrogens is 266 g/mol. The summed E-state index contributed by atoms with van der Waals surface area (Å²) in [6.07, 6.45) is 1.47. The predicted octanol–water partition coefficient (Wildman–Crippen LogP) is 2.05. The Kier molecular flexibility index (Phi) is 3.23. The molecule has 5 heteroatoms. The van der Waals surface area contributed by atoms with E-state index in [0.29, 0.717) is 11.5 Å². The highest BCUT2D eigenvalue weighted by Gasteiger charge is 2.05. The summed E-state index contributed by atoms with van der Waals surface area (Å²) in [5.41, 5.74) is 2.69. The van der Waals surface area contributed by atoms with Crippen LogP contribution in [0.5, 0.6) is 0 Å². The second-order valence-electron chi connectivity index (χ2n) is 4.74. The maximum absolute atomic E-state index is 10.9. The Labute approximate surface area is 121 Å². The van der Waals surface area contributed by atoms with Gasteiger partial charge in [-0.2, -0.15) is 0 Å². The van der Waals surface area contributed by atoms with Gasteiger partial charge in [-0.15, -0.1) is 0 Å². The van der Waals surface area contributed by atoms with Crippen molar-refractivity contribution in [1.29, 1.82) is 0 Å². The molecule has 0 fully saturated rings. The number of aromatic nitrogens is 2. The molecule has 0 amide bonds. The lowest BCUT2D eigenvalue weighted by atomic mass is 10.1. The lowest BCUT2D eigenvalue weighted by Gasteiger charge is -2.10. The molecule has 2 aromatic carbocycles. The van der Waals surface area contributed by atoms with Gasteiger partial charge in [-0.25, -0.2) is 9.97 Å². The Morgan fingerprint density at radius 2 is 2.00 bits per heavy atom. The average molecular weight is 278 g/mol. The predicted molar refractivity (Wildman–Crippen MR) is 78.3 cm³/mol. The first-order valence-corrected chi connectivity index (χ1v) is 6.43. The summed E-state index contributed by atoms with van der Waals surface area (Å²) in [5, 5.41) is 14.9. The fourth-order valence-electron chi connectivity index (χ4n) is 2.13. The third-order valence-corrected chi connectivity index (χ3v) is 3.15. The zero-order valence-corrected chi connectivity index (χ0v) is 11.3. The number of nitrogens with zero attached hydrogens (tertiary/aromatic N) is 2. The van der Waals surface area contributed by atoms with Crippen molar-refractivity contribution >= 4 is 28.4 Å². The van der Waals surface area contributed by atoms with Crippen LogP contribution in [0.2, 0.25) is 0 Å². The number of carbonyl (C=O) groups excluding carboxylic acids is 1. The van der Waals surface area contributed by atoms with Crippen LogP contribution in [0.15, 0.2) is 48.8 Å². The Balaban J connectivity index is 2.04. The molecule has 1 heterocycles. The van der Waals surface area contributed by atoms with Crippen LogP contribution in [0.4, 0.5) is 11.5 Å². The van der Waals surface area contributed by atoms with Crippen LogP contribution in [0.25, 0.3) is 10.9 Å². The number of benzene rings is 2. The Bertz CT molecular complexity index is 831. The molecule has 5 nitrogen and oxygen atoms in total. The monoisotopic (exact) mass is 278 g/mol. The first-order valence-electron chi connectivity index (χ1n) is 6.43. The molecule has 1 N–H and O–H groups in total. The molecule has 104 valence electrons. The molecule has 21 heavy (non-hydrogen) atoms. The third kappa shape index (κ3) is 2.67. The van der Waals surface area contributed by atoms with Gasteiger partial charge < -0.3 is 15.2 Å². The Morgan fingerprint density at radius 1 is 1.14 bits per heavy atom. The van der Waals surface area contributed by atoms with Crippen LogP contribution in [-0.4, -0.2) is 15.9 Å². The van der Waals surface area contributed by atoms with Gasteiger partial charge in [-0.05, 0) is 36.8 Å². The minimum Gasteiger partial charge on any atom is -0.545 e. The maximum Gasteiger partial charge on any atom is 0.141 e. The van der Waals surface area contributed by atoms with Crippen LogP contribution in [0.1, 0.15) is 15.9 Å². The van der Waals surface area contributed by atoms with Crippen LogP contribution in [-0.2, 0) is 0 Å². The van der Waals surface area contributed by atoms with E-state index in [4.69, 9.17) is 0 Å². The van der Waals surface area contributed by atoms with E-state index in [-0.39, 0.29) is 5.56 Å². The molecule has 3 rings (SSSR count). The summed E-state index contributed by atoms with van der Waals surface area (Å²) >= 11 is 0. The molecule has 0 saturated carbocycles. The summed E-state index contributed by atoms with van der Waals surface area (Å²) < 4.78 is 0. The maximum atomic E-state index is 10.9. The summed E-state index contributed by atoms with van der Waals surface area (Å²) in [6, 6.07) is 12.3. The van der Waals surface area contributed by atoms with Gasteiger partial charge >= 0.3 is 0 Å². The lowest BCUT2D eigenvalue weighted by molar-refractivity contribution is -0.255. The van der Waals surface area contributed by atoms with Gasteiger partial charge in [-0.1, -0.05) is 23.8 Å². The minimum absolute atomic E-state index is 0.120. The smallest absolute Gasteiger partial charge is 0.141 e. The van der Waals surface area contributed by atoms with E-state index in [1.54, 1.807) is 12.1 Å². The zero-order chi connectivity index (χ0) is 14.8. The first-order chi connectivity index (χ1) is 10.1. The molecule has 0 radical (unpaired) electrons. The molecular formula is C16H12N3O2-. The van der Waals surface area contributed by atoms with Gasteiger partial charge in [0.05, 0.1) is 11.5 Å². The summed E-state index contributed by atoms with van der Waals surface area (Å²) in [4.78, 5) is 19.3. The average Bonchev–Trinajstić information content (AvgIpc) is 2.48. The third-order valence-electron chi connectivity index (χ3n) is 3.15. The van der Waals surface area contributed by atoms with Crippen molar-refractivity contribution in [2.45, 2.75) is 6.92 Å². The number of carboxylic acid groups (broad SMARTS) is 1. The van der Waals surface area contributed by atoms with Crippen LogP contribution in [0.3, 0.4) is 0 Å². The summed E-state index contributed by atoms with van der Waals surface area (Å²) in [5.74, 6) is -0.568. The van der Waals surface area contributed by atoms with E-state index >= 15 is 0 Å². The second kappa shape index (κ2) is 5.20.